The van der Waals surface area contributed by atoms with Gasteiger partial charge in [-0.05, 0) is 63.6 Å². The van der Waals surface area contributed by atoms with Gasteiger partial charge in [0.2, 0.25) is 0 Å². The van der Waals surface area contributed by atoms with Gasteiger partial charge in [-0.15, -0.1) is 11.6 Å². The summed E-state index contributed by atoms with van der Waals surface area (Å²) < 4.78 is 6.00. The van der Waals surface area contributed by atoms with E-state index in [1.807, 2.05) is 0 Å². The normalized spacial score (nSPS) is 17.2. The van der Waals surface area contributed by atoms with Crippen LogP contribution in [0.15, 0.2) is 84.4 Å². The Bertz CT molecular complexity index is 897. The zero-order valence-electron chi connectivity index (χ0n) is 19.5. The van der Waals surface area contributed by atoms with Crippen LogP contribution in [0.2, 0.25) is 0 Å². The number of aryl methyl sites for hydroxylation is 1. The van der Waals surface area contributed by atoms with E-state index >= 15 is 0 Å². The molecule has 0 radical (unpaired) electrons. The maximum Gasteiger partial charge on any atom is 0.263 e. The summed E-state index contributed by atoms with van der Waals surface area (Å²) in [6.45, 7) is 11.4. The average Bonchev–Trinajstić information content (AvgIpc) is 2.77. The maximum absolute atomic E-state index is 13.2. The molecule has 0 saturated carbocycles. The molecule has 0 fully saturated rings. The van der Waals surface area contributed by atoms with Crippen LogP contribution in [0.1, 0.15) is 31.9 Å². The zero-order chi connectivity index (χ0) is 23.6. The molecule has 0 saturated heterocycles. The summed E-state index contributed by atoms with van der Waals surface area (Å²) in [5, 5.41) is 3.21. The monoisotopic (exact) mass is 471 g/mol. The summed E-state index contributed by atoms with van der Waals surface area (Å²) in [4.78, 5) is 13.2. The largest absolute Gasteiger partial charge is 0.478 e. The highest BCUT2D eigenvalue weighted by Crippen LogP contribution is 2.30. The van der Waals surface area contributed by atoms with Gasteiger partial charge in [0.25, 0.3) is 5.91 Å². The molecule has 3 unspecified atom stereocenters. The Morgan fingerprint density at radius 2 is 2.06 bits per heavy atom. The van der Waals surface area contributed by atoms with Gasteiger partial charge in [0, 0.05) is 17.8 Å². The highest BCUT2D eigenvalue weighted by Gasteiger charge is 2.33. The van der Waals surface area contributed by atoms with Crippen molar-refractivity contribution in [2.24, 2.45) is 5.92 Å². The lowest BCUT2D eigenvalue weighted by atomic mass is 9.86. The zero-order valence-corrected chi connectivity index (χ0v) is 21.3. The van der Waals surface area contributed by atoms with Crippen LogP contribution >= 0.6 is 20.2 Å². The number of hydrogen-bond acceptors (Lipinski definition) is 2. The van der Waals surface area contributed by atoms with E-state index in [4.69, 9.17) is 16.3 Å². The summed E-state index contributed by atoms with van der Waals surface area (Å²) in [5.74, 6) is 3.19. The first-order chi connectivity index (χ1) is 15.3. The lowest BCUT2D eigenvalue weighted by molar-refractivity contribution is -0.139. The molecule has 5 heteroatoms. The first-order valence-electron chi connectivity index (χ1n) is 11.0. The molecule has 1 aromatic rings. The summed E-state index contributed by atoms with van der Waals surface area (Å²) in [5.41, 5.74) is 2.75. The fraction of sp³-hybridized carbons (Fsp3) is 0.370. The van der Waals surface area contributed by atoms with E-state index in [1.165, 1.54) is 16.7 Å². The van der Waals surface area contributed by atoms with Crippen molar-refractivity contribution in [1.29, 1.82) is 0 Å². The van der Waals surface area contributed by atoms with Crippen LogP contribution in [-0.4, -0.2) is 29.6 Å². The van der Waals surface area contributed by atoms with Crippen molar-refractivity contribution in [3.63, 3.8) is 0 Å². The second-order valence-electron chi connectivity index (χ2n) is 8.48. The predicted octanol–water partition coefficient (Wildman–Crippen LogP) is 6.45. The molecule has 32 heavy (non-hydrogen) atoms. The Kier molecular flexibility index (Phi) is 10.5. The molecule has 0 bridgehead atoms. The lowest BCUT2D eigenvalue weighted by Crippen LogP contribution is -2.50. The van der Waals surface area contributed by atoms with E-state index in [1.54, 1.807) is 38.2 Å². The van der Waals surface area contributed by atoms with Gasteiger partial charge in [-0.3, -0.25) is 4.79 Å². The van der Waals surface area contributed by atoms with Gasteiger partial charge in [-0.1, -0.05) is 75.1 Å². The second-order valence-corrected chi connectivity index (χ2v) is 9.90. The fourth-order valence-electron chi connectivity index (χ4n) is 3.48. The predicted molar refractivity (Wildman–Crippen MR) is 140 cm³/mol. The Morgan fingerprint density at radius 1 is 1.34 bits per heavy atom. The van der Waals surface area contributed by atoms with E-state index in [0.29, 0.717) is 11.6 Å². The van der Waals surface area contributed by atoms with E-state index < -0.39 is 5.60 Å². The molecule has 172 valence electrons. The number of halogens is 1. The van der Waals surface area contributed by atoms with Gasteiger partial charge in [0.1, 0.15) is 5.76 Å². The van der Waals surface area contributed by atoms with E-state index in [0.717, 1.165) is 21.2 Å². The molecule has 1 amide bonds. The maximum atomic E-state index is 13.2. The quantitative estimate of drug-likeness (QED) is 0.174. The molecular formula is C27H35ClNO2P. The average molecular weight is 472 g/mol. The highest BCUT2D eigenvalue weighted by atomic mass is 35.5. The van der Waals surface area contributed by atoms with E-state index in [9.17, 15) is 4.79 Å². The molecule has 0 aromatic heterocycles. The molecule has 1 aliphatic rings. The van der Waals surface area contributed by atoms with Crippen LogP contribution in [0, 0.1) is 12.8 Å². The molecule has 3 nitrogen and oxygen atoms in total. The molecule has 1 heterocycles. The number of ether oxygens (including phenoxy) is 1. The number of nitrogens with one attached hydrogen (secondary N) is 1. The van der Waals surface area contributed by atoms with Crippen molar-refractivity contribution in [3.8, 4) is 0 Å². The van der Waals surface area contributed by atoms with Crippen molar-refractivity contribution in [1.82, 2.24) is 5.32 Å². The summed E-state index contributed by atoms with van der Waals surface area (Å²) in [7, 11) is 0.785. The molecule has 1 aliphatic heterocycles. The molecule has 3 atom stereocenters. The molecule has 1 aromatic carbocycles. The SMILES string of the molecule is C=C/C=C\C(=C/CCl)OC(C)(C)C(=O)NC(C)C(Cc1ccc(C)cc1)C1=CPCC=C1. The van der Waals surface area contributed by atoms with E-state index in [-0.39, 0.29) is 17.9 Å². The molecule has 0 spiro atoms. The topological polar surface area (TPSA) is 38.3 Å². The van der Waals surface area contributed by atoms with E-state index in [2.05, 4.69) is 68.0 Å². The molecule has 1 N–H and O–H groups in total. The highest BCUT2D eigenvalue weighted by molar-refractivity contribution is 7.42. The first-order valence-corrected chi connectivity index (χ1v) is 12.8. The minimum atomic E-state index is -1.05. The van der Waals surface area contributed by atoms with Crippen molar-refractivity contribution in [3.05, 3.63) is 95.6 Å². The van der Waals surface area contributed by atoms with Crippen LogP contribution in [0.5, 0.6) is 0 Å². The van der Waals surface area contributed by atoms with Gasteiger partial charge in [-0.25, -0.2) is 0 Å². The fourth-order valence-corrected chi connectivity index (χ4v) is 4.55. The Balaban J connectivity index is 2.17. The van der Waals surface area contributed by atoms with Crippen LogP contribution in [0.4, 0.5) is 0 Å². The van der Waals surface area contributed by atoms with Gasteiger partial charge >= 0.3 is 0 Å². The van der Waals surface area contributed by atoms with Crippen LogP contribution in [-0.2, 0) is 16.0 Å². The van der Waals surface area contributed by atoms with Crippen molar-refractivity contribution >= 4 is 26.1 Å². The Hall–Kier alpha value is -2.09. The third kappa shape index (κ3) is 8.11. The summed E-state index contributed by atoms with van der Waals surface area (Å²) in [6.07, 6.45) is 13.3. The van der Waals surface area contributed by atoms with Crippen LogP contribution in [0.3, 0.4) is 0 Å². The first kappa shape index (κ1) is 26.2. The summed E-state index contributed by atoms with van der Waals surface area (Å²) >= 11 is 5.85. The van der Waals surface area contributed by atoms with Gasteiger partial charge in [0.15, 0.2) is 5.60 Å². The van der Waals surface area contributed by atoms with Crippen LogP contribution < -0.4 is 5.32 Å². The third-order valence-electron chi connectivity index (χ3n) is 5.38. The standard InChI is InChI=1S/C27H35ClNO2P/c1-6-7-10-24(15-16-28)31-27(4,5)26(30)29-21(3)25(23-9-8-17-32-19-23)18-22-13-11-20(2)12-14-22/h6-15,19,21,25,32H,1,16-18H2,2-5H3,(H,29,30)/b10-7-,24-15+. The van der Waals surface area contributed by atoms with Gasteiger partial charge < -0.3 is 10.1 Å². The number of benzene rings is 1. The minimum Gasteiger partial charge on any atom is -0.478 e. The molecule has 2 rings (SSSR count). The smallest absolute Gasteiger partial charge is 0.263 e. The molecule has 0 aliphatic carbocycles. The van der Waals surface area contributed by atoms with Crippen molar-refractivity contribution in [2.45, 2.75) is 45.8 Å². The number of allylic oxidation sites excluding steroid dienone is 6. The Morgan fingerprint density at radius 3 is 2.66 bits per heavy atom. The number of hydrogen-bond donors (Lipinski definition) is 1. The van der Waals surface area contributed by atoms with Crippen LogP contribution in [0.25, 0.3) is 0 Å². The van der Waals surface area contributed by atoms with Gasteiger partial charge in [0.05, 0.1) is 0 Å². The minimum absolute atomic E-state index is 0.0605. The number of carbonyl (C=O) groups excluding carboxylic acids is 1. The lowest BCUT2D eigenvalue weighted by Gasteiger charge is -2.32. The van der Waals surface area contributed by atoms with Crippen molar-refractivity contribution < 1.29 is 9.53 Å². The number of rotatable bonds is 11. The second kappa shape index (κ2) is 12.8. The van der Waals surface area contributed by atoms with Crippen molar-refractivity contribution in [2.75, 3.05) is 12.0 Å². The number of amides is 1. The third-order valence-corrected chi connectivity index (χ3v) is 6.54. The Labute approximate surface area is 200 Å². The summed E-state index contributed by atoms with van der Waals surface area (Å²) in [6, 6.07) is 8.57. The number of carbonyl (C=O) groups is 1. The number of alkyl halides is 1. The van der Waals surface area contributed by atoms with Gasteiger partial charge in [-0.2, -0.15) is 0 Å². The molecular weight excluding hydrogens is 437 g/mol.